The zero-order valence-corrected chi connectivity index (χ0v) is 16.7. The number of anilines is 1. The molecule has 1 atom stereocenters. The summed E-state index contributed by atoms with van der Waals surface area (Å²) in [5.41, 5.74) is 1.18. The molecular weight excluding hydrogens is 370 g/mol. The Hall–Kier alpha value is -2.93. The molecule has 2 aliphatic heterocycles. The van der Waals surface area contributed by atoms with E-state index >= 15 is 0 Å². The molecule has 0 spiro atoms. The maximum Gasteiger partial charge on any atom is 0.234 e. The molecule has 0 radical (unpaired) electrons. The summed E-state index contributed by atoms with van der Waals surface area (Å²) in [5, 5.41) is 2.97. The third-order valence-electron chi connectivity index (χ3n) is 5.27. The third-order valence-corrected chi connectivity index (χ3v) is 5.27. The number of methoxy groups -OCH3 is 1. The fourth-order valence-corrected chi connectivity index (χ4v) is 3.61. The fraction of sp³-hybridized carbons (Fsp3) is 0.409. The second-order valence-corrected chi connectivity index (χ2v) is 7.26. The highest BCUT2D eigenvalue weighted by molar-refractivity contribution is 5.78. The van der Waals surface area contributed by atoms with Gasteiger partial charge in [0.05, 0.1) is 20.2 Å². The zero-order valence-electron chi connectivity index (χ0n) is 16.7. The number of fused-ring (bicyclic) bond motifs is 1. The van der Waals surface area contributed by atoms with Crippen LogP contribution in [0.3, 0.4) is 0 Å². The van der Waals surface area contributed by atoms with Crippen LogP contribution < -0.4 is 24.4 Å². The van der Waals surface area contributed by atoms with Gasteiger partial charge in [0.1, 0.15) is 18.5 Å². The SMILES string of the molecule is COc1ccc(N2CCN(CC(=O)NC[C@H]3COc4ccccc4O3)CC2)cc1. The zero-order chi connectivity index (χ0) is 20.1. The van der Waals surface area contributed by atoms with E-state index in [1.54, 1.807) is 7.11 Å². The van der Waals surface area contributed by atoms with E-state index in [1.165, 1.54) is 5.69 Å². The van der Waals surface area contributed by atoms with Crippen LogP contribution in [0, 0.1) is 0 Å². The highest BCUT2D eigenvalue weighted by Crippen LogP contribution is 2.30. The van der Waals surface area contributed by atoms with Gasteiger partial charge in [-0.2, -0.15) is 0 Å². The molecule has 7 heteroatoms. The number of amides is 1. The topological polar surface area (TPSA) is 63.3 Å². The molecule has 0 unspecified atom stereocenters. The van der Waals surface area contributed by atoms with E-state index in [4.69, 9.17) is 14.2 Å². The molecule has 4 rings (SSSR count). The van der Waals surface area contributed by atoms with Crippen LogP contribution in [-0.2, 0) is 4.79 Å². The molecular formula is C22H27N3O4. The number of piperazine rings is 1. The van der Waals surface area contributed by atoms with Gasteiger partial charge in [-0.1, -0.05) is 12.1 Å². The minimum atomic E-state index is -0.166. The monoisotopic (exact) mass is 397 g/mol. The van der Waals surface area contributed by atoms with E-state index in [0.29, 0.717) is 19.7 Å². The van der Waals surface area contributed by atoms with E-state index in [-0.39, 0.29) is 12.0 Å². The van der Waals surface area contributed by atoms with E-state index < -0.39 is 0 Å². The first kappa shape index (κ1) is 19.4. The van der Waals surface area contributed by atoms with Gasteiger partial charge in [0, 0.05) is 31.9 Å². The molecule has 0 saturated carbocycles. The van der Waals surface area contributed by atoms with E-state index in [0.717, 1.165) is 43.4 Å². The number of ether oxygens (including phenoxy) is 3. The highest BCUT2D eigenvalue weighted by atomic mass is 16.6. The summed E-state index contributed by atoms with van der Waals surface area (Å²) >= 11 is 0. The molecule has 29 heavy (non-hydrogen) atoms. The second-order valence-electron chi connectivity index (χ2n) is 7.26. The Morgan fingerprint density at radius 3 is 2.52 bits per heavy atom. The number of carbonyl (C=O) groups excluding carboxylic acids is 1. The van der Waals surface area contributed by atoms with Crippen molar-refractivity contribution < 1.29 is 19.0 Å². The number of hydrogen-bond donors (Lipinski definition) is 1. The van der Waals surface area contributed by atoms with Crippen molar-refractivity contribution in [3.8, 4) is 17.2 Å². The van der Waals surface area contributed by atoms with Crippen molar-refractivity contribution in [3.05, 3.63) is 48.5 Å². The largest absolute Gasteiger partial charge is 0.497 e. The van der Waals surface area contributed by atoms with E-state index in [2.05, 4.69) is 27.2 Å². The summed E-state index contributed by atoms with van der Waals surface area (Å²) in [6, 6.07) is 15.7. The molecule has 2 aromatic rings. The quantitative estimate of drug-likeness (QED) is 0.802. The molecule has 0 aromatic heterocycles. The minimum Gasteiger partial charge on any atom is -0.497 e. The minimum absolute atomic E-state index is 0.0188. The van der Waals surface area contributed by atoms with Gasteiger partial charge in [-0.15, -0.1) is 0 Å². The average Bonchev–Trinajstić information content (AvgIpc) is 2.78. The van der Waals surface area contributed by atoms with Crippen LogP contribution in [0.2, 0.25) is 0 Å². The lowest BCUT2D eigenvalue weighted by Gasteiger charge is -2.35. The molecule has 1 amide bonds. The smallest absolute Gasteiger partial charge is 0.234 e. The second kappa shape index (κ2) is 9.05. The van der Waals surface area contributed by atoms with Gasteiger partial charge in [-0.05, 0) is 36.4 Å². The van der Waals surface area contributed by atoms with Gasteiger partial charge in [0.2, 0.25) is 5.91 Å². The van der Waals surface area contributed by atoms with E-state index in [1.807, 2.05) is 36.4 Å². The Balaban J connectivity index is 1.18. The highest BCUT2D eigenvalue weighted by Gasteiger charge is 2.23. The summed E-state index contributed by atoms with van der Waals surface area (Å²) in [6.45, 7) is 4.80. The molecule has 154 valence electrons. The molecule has 2 aliphatic rings. The number of hydrogen-bond acceptors (Lipinski definition) is 6. The van der Waals surface area contributed by atoms with Crippen molar-refractivity contribution in [3.63, 3.8) is 0 Å². The van der Waals surface area contributed by atoms with Gasteiger partial charge in [-0.3, -0.25) is 9.69 Å². The summed E-state index contributed by atoms with van der Waals surface area (Å²) < 4.78 is 16.8. The fourth-order valence-electron chi connectivity index (χ4n) is 3.61. The normalized spacial score (nSPS) is 18.9. The van der Waals surface area contributed by atoms with Gasteiger partial charge in [0.25, 0.3) is 0 Å². The maximum atomic E-state index is 12.3. The molecule has 1 N–H and O–H groups in total. The molecule has 2 heterocycles. The lowest BCUT2D eigenvalue weighted by molar-refractivity contribution is -0.122. The molecule has 2 aromatic carbocycles. The first-order chi connectivity index (χ1) is 14.2. The van der Waals surface area contributed by atoms with Crippen molar-refractivity contribution >= 4 is 11.6 Å². The van der Waals surface area contributed by atoms with Crippen molar-refractivity contribution in [1.29, 1.82) is 0 Å². The maximum absolute atomic E-state index is 12.3. The predicted molar refractivity (Wildman–Crippen MR) is 111 cm³/mol. The number of nitrogens with zero attached hydrogens (tertiary/aromatic N) is 2. The van der Waals surface area contributed by atoms with Crippen LogP contribution in [-0.4, -0.2) is 69.9 Å². The van der Waals surface area contributed by atoms with Gasteiger partial charge in [-0.25, -0.2) is 0 Å². The van der Waals surface area contributed by atoms with Gasteiger partial charge in [0.15, 0.2) is 11.5 Å². The summed E-state index contributed by atoms with van der Waals surface area (Å²) in [7, 11) is 1.67. The molecule has 1 saturated heterocycles. The lowest BCUT2D eigenvalue weighted by atomic mass is 10.2. The number of carbonyl (C=O) groups is 1. The summed E-state index contributed by atoms with van der Waals surface area (Å²) in [4.78, 5) is 16.9. The molecule has 0 aliphatic carbocycles. The lowest BCUT2D eigenvalue weighted by Crippen LogP contribution is -2.50. The Labute approximate surface area is 171 Å². The van der Waals surface area contributed by atoms with Crippen molar-refractivity contribution in [1.82, 2.24) is 10.2 Å². The third kappa shape index (κ3) is 4.92. The number of nitrogens with one attached hydrogen (secondary N) is 1. The standard InChI is InChI=1S/C22H27N3O4/c1-27-18-8-6-17(7-9-18)25-12-10-24(11-13-25)15-22(26)23-14-19-16-28-20-4-2-3-5-21(20)29-19/h2-9,19H,10-16H2,1H3,(H,23,26)/t19-/m0/s1. The van der Waals surface area contributed by atoms with Crippen LogP contribution in [0.4, 0.5) is 5.69 Å². The Morgan fingerprint density at radius 1 is 1.07 bits per heavy atom. The Morgan fingerprint density at radius 2 is 1.79 bits per heavy atom. The Bertz CT molecular complexity index is 819. The number of para-hydroxylation sites is 2. The average molecular weight is 397 g/mol. The number of rotatable bonds is 6. The summed E-state index contributed by atoms with van der Waals surface area (Å²) in [5.74, 6) is 2.36. The van der Waals surface area contributed by atoms with Crippen LogP contribution >= 0.6 is 0 Å². The van der Waals surface area contributed by atoms with Crippen LogP contribution in [0.1, 0.15) is 0 Å². The van der Waals surface area contributed by atoms with Crippen molar-refractivity contribution in [2.24, 2.45) is 0 Å². The summed E-state index contributed by atoms with van der Waals surface area (Å²) in [6.07, 6.45) is -0.166. The van der Waals surface area contributed by atoms with Crippen LogP contribution in [0.15, 0.2) is 48.5 Å². The molecule has 7 nitrogen and oxygen atoms in total. The number of benzene rings is 2. The van der Waals surface area contributed by atoms with Gasteiger partial charge >= 0.3 is 0 Å². The van der Waals surface area contributed by atoms with Gasteiger partial charge < -0.3 is 24.4 Å². The molecule has 1 fully saturated rings. The first-order valence-corrected chi connectivity index (χ1v) is 9.98. The van der Waals surface area contributed by atoms with Crippen LogP contribution in [0.25, 0.3) is 0 Å². The van der Waals surface area contributed by atoms with Crippen LogP contribution in [0.5, 0.6) is 17.2 Å². The Kier molecular flexibility index (Phi) is 6.05. The molecule has 0 bridgehead atoms. The predicted octanol–water partition coefficient (Wildman–Crippen LogP) is 1.77. The van der Waals surface area contributed by atoms with Crippen molar-refractivity contribution in [2.45, 2.75) is 6.10 Å². The van der Waals surface area contributed by atoms with Crippen molar-refractivity contribution in [2.75, 3.05) is 57.9 Å². The van der Waals surface area contributed by atoms with E-state index in [9.17, 15) is 4.79 Å². The first-order valence-electron chi connectivity index (χ1n) is 9.98.